The minimum absolute atomic E-state index is 0. The average Bonchev–Trinajstić information content (AvgIpc) is 2.87. The number of pyridine rings is 1. The number of carbonyl (C=O) groups excluding carboxylic acids is 1. The lowest BCUT2D eigenvalue weighted by Gasteiger charge is -2.03. The second-order valence-corrected chi connectivity index (χ2v) is 5.28. The fourth-order valence-electron chi connectivity index (χ4n) is 1.51. The van der Waals surface area contributed by atoms with Gasteiger partial charge in [-0.3, -0.25) is 15.1 Å². The second-order valence-electron chi connectivity index (χ2n) is 4.43. The van der Waals surface area contributed by atoms with Gasteiger partial charge in [-0.25, -0.2) is 4.98 Å². The molecule has 0 fully saturated rings. The highest BCUT2D eigenvalue weighted by molar-refractivity contribution is 7.14. The van der Waals surface area contributed by atoms with E-state index in [2.05, 4.69) is 29.1 Å². The molecule has 2 aromatic rings. The molecule has 20 heavy (non-hydrogen) atoms. The van der Waals surface area contributed by atoms with Crippen molar-refractivity contribution in [3.8, 4) is 0 Å². The Kier molecular flexibility index (Phi) is 6.06. The van der Waals surface area contributed by atoms with Gasteiger partial charge in [0.05, 0.1) is 11.4 Å². The molecule has 0 saturated carbocycles. The van der Waals surface area contributed by atoms with Gasteiger partial charge in [0.1, 0.15) is 0 Å². The van der Waals surface area contributed by atoms with E-state index in [-0.39, 0.29) is 18.3 Å². The zero-order valence-electron chi connectivity index (χ0n) is 11.3. The normalized spacial score (nSPS) is 10.2. The van der Waals surface area contributed by atoms with E-state index >= 15 is 0 Å². The Balaban J connectivity index is 0.00000200. The molecule has 108 valence electrons. The van der Waals surface area contributed by atoms with Gasteiger partial charge >= 0.3 is 0 Å². The van der Waals surface area contributed by atoms with Crippen molar-refractivity contribution < 1.29 is 4.79 Å². The van der Waals surface area contributed by atoms with Crippen molar-refractivity contribution in [2.24, 2.45) is 5.73 Å². The summed E-state index contributed by atoms with van der Waals surface area (Å²) >= 11 is 1.43. The molecule has 2 rings (SSSR count). The first kappa shape index (κ1) is 16.6. The summed E-state index contributed by atoms with van der Waals surface area (Å²) in [6.07, 6.45) is 1.58. The first-order chi connectivity index (χ1) is 9.10. The highest BCUT2D eigenvalue weighted by atomic mass is 35.5. The third kappa shape index (κ3) is 4.00. The number of hydrogen-bond donors (Lipinski definition) is 2. The zero-order chi connectivity index (χ0) is 13.8. The van der Waals surface area contributed by atoms with Crippen LogP contribution in [0.1, 0.15) is 41.5 Å². The Morgan fingerprint density at radius 1 is 1.50 bits per heavy atom. The lowest BCUT2D eigenvalue weighted by Crippen LogP contribution is -2.13. The van der Waals surface area contributed by atoms with Crippen LogP contribution in [0.4, 0.5) is 5.13 Å². The first-order valence-electron chi connectivity index (χ1n) is 6.02. The van der Waals surface area contributed by atoms with Crippen LogP contribution in [0, 0.1) is 0 Å². The van der Waals surface area contributed by atoms with Crippen molar-refractivity contribution in [2.45, 2.75) is 26.3 Å². The summed E-state index contributed by atoms with van der Waals surface area (Å²) < 4.78 is 0. The third-order valence-corrected chi connectivity index (χ3v) is 3.40. The van der Waals surface area contributed by atoms with Gasteiger partial charge in [-0.15, -0.1) is 23.7 Å². The highest BCUT2D eigenvalue weighted by Gasteiger charge is 2.11. The Morgan fingerprint density at radius 2 is 2.25 bits per heavy atom. The SMILES string of the molecule is CC(C)c1csc(NC(=O)c2ccnc(CN)c2)n1.Cl. The molecule has 1 amide bonds. The Morgan fingerprint density at radius 3 is 2.85 bits per heavy atom. The van der Waals surface area contributed by atoms with Crippen LogP contribution in [0.15, 0.2) is 23.7 Å². The maximum Gasteiger partial charge on any atom is 0.257 e. The average molecular weight is 313 g/mol. The van der Waals surface area contributed by atoms with E-state index in [1.165, 1.54) is 11.3 Å². The van der Waals surface area contributed by atoms with Crippen molar-refractivity contribution in [3.63, 3.8) is 0 Å². The Bertz CT molecular complexity index is 585. The van der Waals surface area contributed by atoms with Gasteiger partial charge < -0.3 is 5.73 Å². The third-order valence-electron chi connectivity index (χ3n) is 2.62. The second kappa shape index (κ2) is 7.33. The molecule has 2 aromatic heterocycles. The van der Waals surface area contributed by atoms with Crippen LogP contribution in [-0.2, 0) is 6.54 Å². The molecular formula is C13H17ClN4OS. The number of thiazole rings is 1. The van der Waals surface area contributed by atoms with Crippen molar-refractivity contribution >= 4 is 34.8 Å². The van der Waals surface area contributed by atoms with Crippen LogP contribution in [0.5, 0.6) is 0 Å². The molecule has 5 nitrogen and oxygen atoms in total. The van der Waals surface area contributed by atoms with Gasteiger partial charge in [0.15, 0.2) is 5.13 Å². The molecule has 3 N–H and O–H groups in total. The fraction of sp³-hybridized carbons (Fsp3) is 0.308. The van der Waals surface area contributed by atoms with E-state index in [0.29, 0.717) is 28.9 Å². The largest absolute Gasteiger partial charge is 0.325 e. The summed E-state index contributed by atoms with van der Waals surface area (Å²) in [5.41, 5.74) is 7.72. The molecule has 0 spiro atoms. The van der Waals surface area contributed by atoms with Crippen molar-refractivity contribution in [2.75, 3.05) is 5.32 Å². The van der Waals surface area contributed by atoms with Crippen LogP contribution < -0.4 is 11.1 Å². The minimum atomic E-state index is -0.193. The van der Waals surface area contributed by atoms with Gasteiger partial charge in [-0.1, -0.05) is 13.8 Å². The first-order valence-corrected chi connectivity index (χ1v) is 6.90. The van der Waals surface area contributed by atoms with Gasteiger partial charge in [0.2, 0.25) is 0 Å². The van der Waals surface area contributed by atoms with Crippen LogP contribution in [0.2, 0.25) is 0 Å². The number of hydrogen-bond acceptors (Lipinski definition) is 5. The van der Waals surface area contributed by atoms with Crippen LogP contribution in [-0.4, -0.2) is 15.9 Å². The molecule has 0 aliphatic rings. The zero-order valence-corrected chi connectivity index (χ0v) is 12.9. The number of anilines is 1. The summed E-state index contributed by atoms with van der Waals surface area (Å²) in [5.74, 6) is 0.161. The van der Waals surface area contributed by atoms with E-state index < -0.39 is 0 Å². The quantitative estimate of drug-likeness (QED) is 0.909. The lowest BCUT2D eigenvalue weighted by atomic mass is 10.2. The molecule has 0 aromatic carbocycles. The number of halogens is 1. The maximum absolute atomic E-state index is 12.0. The molecule has 0 aliphatic carbocycles. The number of nitrogens with two attached hydrogens (primary N) is 1. The van der Waals surface area contributed by atoms with Gasteiger partial charge in [-0.2, -0.15) is 0 Å². The minimum Gasteiger partial charge on any atom is -0.325 e. The summed E-state index contributed by atoms with van der Waals surface area (Å²) in [6, 6.07) is 3.34. The highest BCUT2D eigenvalue weighted by Crippen LogP contribution is 2.21. The van der Waals surface area contributed by atoms with Crippen molar-refractivity contribution in [3.05, 3.63) is 40.7 Å². The molecular weight excluding hydrogens is 296 g/mol. The summed E-state index contributed by atoms with van der Waals surface area (Å²) in [4.78, 5) is 20.5. The number of carbonyl (C=O) groups is 1. The number of rotatable bonds is 4. The molecule has 7 heteroatoms. The lowest BCUT2D eigenvalue weighted by molar-refractivity contribution is 0.102. The van der Waals surface area contributed by atoms with Crippen LogP contribution in [0.3, 0.4) is 0 Å². The van der Waals surface area contributed by atoms with Crippen molar-refractivity contribution in [1.82, 2.24) is 9.97 Å². The Labute approximate surface area is 128 Å². The number of nitrogens with one attached hydrogen (secondary N) is 1. The Hall–Kier alpha value is -1.50. The number of aromatic nitrogens is 2. The molecule has 0 radical (unpaired) electrons. The topological polar surface area (TPSA) is 80.9 Å². The predicted octanol–water partition coefficient (Wildman–Crippen LogP) is 2.79. The molecule has 0 unspecified atom stereocenters. The molecule has 0 bridgehead atoms. The molecule has 0 aliphatic heterocycles. The van der Waals surface area contributed by atoms with E-state index in [9.17, 15) is 4.79 Å². The van der Waals surface area contributed by atoms with Gasteiger partial charge in [0.25, 0.3) is 5.91 Å². The standard InChI is InChI=1S/C13H16N4OS.ClH/c1-8(2)11-7-19-13(16-11)17-12(18)9-3-4-15-10(5-9)6-14;/h3-5,7-8H,6,14H2,1-2H3,(H,16,17,18);1H. The maximum atomic E-state index is 12.0. The van der Waals surface area contributed by atoms with Crippen LogP contribution >= 0.6 is 23.7 Å². The van der Waals surface area contributed by atoms with Gasteiger partial charge in [0, 0.05) is 23.7 Å². The van der Waals surface area contributed by atoms with E-state index in [0.717, 1.165) is 5.69 Å². The molecule has 2 heterocycles. The van der Waals surface area contributed by atoms with E-state index in [4.69, 9.17) is 5.73 Å². The predicted molar refractivity (Wildman–Crippen MR) is 83.5 cm³/mol. The van der Waals surface area contributed by atoms with E-state index in [1.54, 1.807) is 18.3 Å². The molecule has 0 atom stereocenters. The monoisotopic (exact) mass is 312 g/mol. The summed E-state index contributed by atoms with van der Waals surface area (Å²) in [7, 11) is 0. The van der Waals surface area contributed by atoms with Gasteiger partial charge in [-0.05, 0) is 18.1 Å². The number of amides is 1. The fourth-order valence-corrected chi connectivity index (χ4v) is 2.38. The number of nitrogens with zero attached hydrogens (tertiary/aromatic N) is 2. The summed E-state index contributed by atoms with van der Waals surface area (Å²) in [6.45, 7) is 4.45. The van der Waals surface area contributed by atoms with Crippen LogP contribution in [0.25, 0.3) is 0 Å². The molecule has 0 saturated heterocycles. The van der Waals surface area contributed by atoms with Crippen molar-refractivity contribution in [1.29, 1.82) is 0 Å². The summed E-state index contributed by atoms with van der Waals surface area (Å²) in [5, 5.41) is 5.35. The van der Waals surface area contributed by atoms with E-state index in [1.807, 2.05) is 5.38 Å². The smallest absolute Gasteiger partial charge is 0.257 e.